The smallest absolute Gasteiger partial charge is 0.221 e. The van der Waals surface area contributed by atoms with Gasteiger partial charge in [0.25, 0.3) is 0 Å². The van der Waals surface area contributed by atoms with Gasteiger partial charge in [-0.3, -0.25) is 4.79 Å². The summed E-state index contributed by atoms with van der Waals surface area (Å²) in [7, 11) is 3.31. The topological polar surface area (TPSA) is 75.4 Å². The predicted molar refractivity (Wildman–Crippen MR) is 98.4 cm³/mol. The van der Waals surface area contributed by atoms with Crippen molar-refractivity contribution in [2.24, 2.45) is 0 Å². The number of ether oxygens (including phenoxy) is 2. The number of carbonyl (C=O) groups is 1. The van der Waals surface area contributed by atoms with E-state index in [0.29, 0.717) is 19.0 Å². The number of aryl methyl sites for hydroxylation is 1. The lowest BCUT2D eigenvalue weighted by atomic mass is 10.1. The number of amides is 1. The second-order valence-corrected chi connectivity index (χ2v) is 6.54. The summed E-state index contributed by atoms with van der Waals surface area (Å²) in [5, 5.41) is 7.42. The number of H-pyrrole nitrogens is 1. The molecule has 1 unspecified atom stereocenters. The van der Waals surface area contributed by atoms with Crippen molar-refractivity contribution in [2.75, 3.05) is 27.3 Å². The first-order chi connectivity index (χ1) is 12.2. The van der Waals surface area contributed by atoms with Crippen LogP contribution in [0.4, 0.5) is 0 Å². The first-order valence-corrected chi connectivity index (χ1v) is 8.93. The molecule has 1 aliphatic heterocycles. The minimum atomic E-state index is 0.141. The summed E-state index contributed by atoms with van der Waals surface area (Å²) in [6.07, 6.45) is 4.64. The summed E-state index contributed by atoms with van der Waals surface area (Å²) in [5.41, 5.74) is 2.14. The summed E-state index contributed by atoms with van der Waals surface area (Å²) < 4.78 is 10.7. The average Bonchev–Trinajstić information content (AvgIpc) is 3.26. The third-order valence-electron chi connectivity index (χ3n) is 4.72. The van der Waals surface area contributed by atoms with E-state index in [0.717, 1.165) is 53.9 Å². The Kier molecular flexibility index (Phi) is 5.81. The van der Waals surface area contributed by atoms with Gasteiger partial charge in [-0.2, -0.15) is 0 Å². The van der Waals surface area contributed by atoms with Crippen LogP contribution in [0.25, 0.3) is 10.9 Å². The molecule has 1 aromatic carbocycles. The van der Waals surface area contributed by atoms with Crippen LogP contribution in [0.3, 0.4) is 0 Å². The minimum Gasteiger partial charge on any atom is -0.497 e. The fourth-order valence-electron chi connectivity index (χ4n) is 3.39. The van der Waals surface area contributed by atoms with Crippen molar-refractivity contribution < 1.29 is 14.3 Å². The van der Waals surface area contributed by atoms with Crippen LogP contribution in [0.2, 0.25) is 0 Å². The summed E-state index contributed by atoms with van der Waals surface area (Å²) in [6.45, 7) is 1.73. The van der Waals surface area contributed by atoms with Gasteiger partial charge in [-0.05, 0) is 38.3 Å². The summed E-state index contributed by atoms with van der Waals surface area (Å²) in [6, 6.07) is 6.32. The van der Waals surface area contributed by atoms with Crippen LogP contribution in [-0.2, 0) is 11.2 Å². The molecular weight excluding hydrogens is 318 g/mol. The highest BCUT2D eigenvalue weighted by Gasteiger charge is 2.17. The molecule has 1 aromatic heterocycles. The van der Waals surface area contributed by atoms with E-state index in [4.69, 9.17) is 9.47 Å². The normalized spacial score (nSPS) is 17.0. The van der Waals surface area contributed by atoms with Gasteiger partial charge >= 0.3 is 0 Å². The van der Waals surface area contributed by atoms with Crippen molar-refractivity contribution in [3.05, 3.63) is 23.9 Å². The van der Waals surface area contributed by atoms with E-state index < -0.39 is 0 Å². The van der Waals surface area contributed by atoms with Gasteiger partial charge in [0, 0.05) is 42.2 Å². The maximum absolute atomic E-state index is 11.9. The van der Waals surface area contributed by atoms with E-state index in [1.54, 1.807) is 14.2 Å². The largest absolute Gasteiger partial charge is 0.497 e. The molecule has 2 heterocycles. The lowest BCUT2D eigenvalue weighted by Crippen LogP contribution is -2.32. The number of hydrogen-bond donors (Lipinski definition) is 3. The number of rotatable bonds is 8. The average molecular weight is 345 g/mol. The molecule has 3 N–H and O–H groups in total. The van der Waals surface area contributed by atoms with Crippen LogP contribution in [-0.4, -0.2) is 44.2 Å². The van der Waals surface area contributed by atoms with E-state index in [2.05, 4.69) is 21.7 Å². The Morgan fingerprint density at radius 3 is 2.88 bits per heavy atom. The molecule has 136 valence electrons. The number of fused-ring (bicyclic) bond motifs is 1. The number of aromatic amines is 1. The third kappa shape index (κ3) is 4.45. The minimum absolute atomic E-state index is 0.141. The third-order valence-corrected chi connectivity index (χ3v) is 4.72. The molecule has 25 heavy (non-hydrogen) atoms. The molecule has 1 saturated heterocycles. The molecule has 2 aromatic rings. The van der Waals surface area contributed by atoms with E-state index in [1.807, 2.05) is 12.1 Å². The molecule has 0 spiro atoms. The lowest BCUT2D eigenvalue weighted by molar-refractivity contribution is -0.121. The van der Waals surface area contributed by atoms with Gasteiger partial charge in [-0.1, -0.05) is 0 Å². The van der Waals surface area contributed by atoms with E-state index in [-0.39, 0.29) is 5.91 Å². The van der Waals surface area contributed by atoms with Crippen molar-refractivity contribution in [2.45, 2.75) is 38.1 Å². The van der Waals surface area contributed by atoms with Gasteiger partial charge in [0.2, 0.25) is 5.91 Å². The fourth-order valence-corrected chi connectivity index (χ4v) is 3.39. The Bertz CT molecular complexity index is 720. The quantitative estimate of drug-likeness (QED) is 0.642. The molecule has 3 rings (SSSR count). The van der Waals surface area contributed by atoms with Gasteiger partial charge in [0.1, 0.15) is 11.5 Å². The van der Waals surface area contributed by atoms with E-state index in [1.165, 1.54) is 6.42 Å². The van der Waals surface area contributed by atoms with Crippen molar-refractivity contribution in [3.8, 4) is 11.5 Å². The van der Waals surface area contributed by atoms with E-state index in [9.17, 15) is 4.79 Å². The molecule has 1 aliphatic rings. The predicted octanol–water partition coefficient (Wildman–Crippen LogP) is 2.38. The van der Waals surface area contributed by atoms with Gasteiger partial charge in [-0.25, -0.2) is 0 Å². The maximum Gasteiger partial charge on any atom is 0.221 e. The van der Waals surface area contributed by atoms with Crippen molar-refractivity contribution >= 4 is 16.8 Å². The number of nitrogens with one attached hydrogen (secondary N) is 3. The second-order valence-electron chi connectivity index (χ2n) is 6.54. The molecule has 1 fully saturated rings. The molecule has 6 nitrogen and oxygen atoms in total. The highest BCUT2D eigenvalue weighted by atomic mass is 16.5. The number of methoxy groups -OCH3 is 2. The van der Waals surface area contributed by atoms with Gasteiger partial charge in [0.15, 0.2) is 0 Å². The second kappa shape index (κ2) is 8.25. The molecule has 0 bridgehead atoms. The zero-order chi connectivity index (χ0) is 17.6. The maximum atomic E-state index is 11.9. The first kappa shape index (κ1) is 17.6. The summed E-state index contributed by atoms with van der Waals surface area (Å²) >= 11 is 0. The Balaban J connectivity index is 1.50. The Morgan fingerprint density at radius 2 is 2.16 bits per heavy atom. The zero-order valence-electron chi connectivity index (χ0n) is 15.0. The van der Waals surface area contributed by atoms with E-state index >= 15 is 0 Å². The van der Waals surface area contributed by atoms with Crippen LogP contribution < -0.4 is 20.1 Å². The zero-order valence-corrected chi connectivity index (χ0v) is 15.0. The Labute approximate surface area is 148 Å². The summed E-state index contributed by atoms with van der Waals surface area (Å²) in [5.74, 6) is 1.71. The van der Waals surface area contributed by atoms with Crippen LogP contribution in [0, 0.1) is 0 Å². The molecule has 6 heteroatoms. The number of hydrogen-bond acceptors (Lipinski definition) is 4. The van der Waals surface area contributed by atoms with Crippen LogP contribution in [0.1, 0.15) is 31.4 Å². The van der Waals surface area contributed by atoms with Gasteiger partial charge < -0.3 is 25.1 Å². The first-order valence-electron chi connectivity index (χ1n) is 8.93. The Morgan fingerprint density at radius 1 is 1.28 bits per heavy atom. The standard InChI is InChI=1S/C19H27N3O3/c1-24-15-11-17-16(18(12-15)25-2)9-14(22-17)6-4-8-21-19(23)10-13-5-3-7-20-13/h9,11-13,20,22H,3-8,10H2,1-2H3,(H,21,23). The molecule has 1 atom stereocenters. The summed E-state index contributed by atoms with van der Waals surface area (Å²) in [4.78, 5) is 15.3. The van der Waals surface area contributed by atoms with Crippen molar-refractivity contribution in [3.63, 3.8) is 0 Å². The van der Waals surface area contributed by atoms with Crippen LogP contribution >= 0.6 is 0 Å². The Hall–Kier alpha value is -2.21. The van der Waals surface area contributed by atoms with Crippen LogP contribution in [0.15, 0.2) is 18.2 Å². The number of aromatic nitrogens is 1. The molecular formula is C19H27N3O3. The lowest BCUT2D eigenvalue weighted by Gasteiger charge is -2.10. The highest BCUT2D eigenvalue weighted by molar-refractivity contribution is 5.88. The van der Waals surface area contributed by atoms with Crippen molar-refractivity contribution in [1.82, 2.24) is 15.6 Å². The van der Waals surface area contributed by atoms with Gasteiger partial charge in [0.05, 0.1) is 19.7 Å². The molecule has 1 amide bonds. The molecule has 0 aliphatic carbocycles. The fraction of sp³-hybridized carbons (Fsp3) is 0.526. The number of carbonyl (C=O) groups excluding carboxylic acids is 1. The van der Waals surface area contributed by atoms with Crippen molar-refractivity contribution in [1.29, 1.82) is 0 Å². The number of benzene rings is 1. The highest BCUT2D eigenvalue weighted by Crippen LogP contribution is 2.31. The monoisotopic (exact) mass is 345 g/mol. The molecule has 0 saturated carbocycles. The SMILES string of the molecule is COc1cc(OC)c2cc(CCCNC(=O)CC3CCCN3)[nH]c2c1. The van der Waals surface area contributed by atoms with Crippen LogP contribution in [0.5, 0.6) is 11.5 Å². The van der Waals surface area contributed by atoms with Gasteiger partial charge in [-0.15, -0.1) is 0 Å². The molecule has 0 radical (unpaired) electrons.